The van der Waals surface area contributed by atoms with Crippen LogP contribution in [0, 0.1) is 5.92 Å². The number of nitrogens with zero attached hydrogens (tertiary/aromatic N) is 2. The molecule has 0 aliphatic carbocycles. The third-order valence-electron chi connectivity index (χ3n) is 1.99. The van der Waals surface area contributed by atoms with Crippen LogP contribution in [0.3, 0.4) is 0 Å². The van der Waals surface area contributed by atoms with E-state index in [1.54, 1.807) is 6.07 Å². The molecule has 7 heteroatoms. The lowest BCUT2D eigenvalue weighted by Crippen LogP contribution is -2.32. The number of carbonyl (C=O) groups excluding carboxylic acids is 1. The molecule has 2 N–H and O–H groups in total. The third-order valence-corrected chi connectivity index (χ3v) is 2.74. The number of rotatable bonds is 6. The zero-order valence-electron chi connectivity index (χ0n) is 10.7. The molecular formula is C11H17ClN4OS. The zero-order chi connectivity index (χ0) is 13.5. The van der Waals surface area contributed by atoms with Gasteiger partial charge in [-0.05, 0) is 12.2 Å². The molecule has 0 saturated carbocycles. The summed E-state index contributed by atoms with van der Waals surface area (Å²) in [6.07, 6.45) is 1.87. The molecule has 0 atom stereocenters. The molecule has 1 rings (SSSR count). The summed E-state index contributed by atoms with van der Waals surface area (Å²) in [7, 11) is 0. The van der Waals surface area contributed by atoms with Crippen molar-refractivity contribution in [2.45, 2.75) is 19.0 Å². The Hall–Kier alpha value is -1.01. The van der Waals surface area contributed by atoms with Gasteiger partial charge in [-0.25, -0.2) is 9.97 Å². The Balaban J connectivity index is 2.47. The molecule has 0 aromatic carbocycles. The van der Waals surface area contributed by atoms with Crippen LogP contribution in [0.4, 0.5) is 5.82 Å². The van der Waals surface area contributed by atoms with Crippen molar-refractivity contribution in [3.8, 4) is 0 Å². The fraction of sp³-hybridized carbons (Fsp3) is 0.545. The van der Waals surface area contributed by atoms with Crippen molar-refractivity contribution < 1.29 is 4.79 Å². The highest BCUT2D eigenvalue weighted by molar-refractivity contribution is 7.98. The zero-order valence-corrected chi connectivity index (χ0v) is 12.2. The summed E-state index contributed by atoms with van der Waals surface area (Å²) in [4.78, 5) is 19.7. The van der Waals surface area contributed by atoms with Crippen LogP contribution < -0.4 is 10.6 Å². The Morgan fingerprint density at radius 3 is 2.83 bits per heavy atom. The molecule has 0 aliphatic heterocycles. The first kappa shape index (κ1) is 15.0. The Morgan fingerprint density at radius 1 is 1.50 bits per heavy atom. The molecule has 5 nitrogen and oxygen atoms in total. The van der Waals surface area contributed by atoms with E-state index in [1.165, 1.54) is 11.8 Å². The molecule has 1 aromatic heterocycles. The quantitative estimate of drug-likeness (QED) is 0.476. The molecule has 0 bridgehead atoms. The predicted octanol–water partition coefficient (Wildman–Crippen LogP) is 2.04. The van der Waals surface area contributed by atoms with Crippen LogP contribution in [0.2, 0.25) is 5.15 Å². The number of nitrogens with one attached hydrogen (secondary N) is 2. The van der Waals surface area contributed by atoms with Gasteiger partial charge in [0.2, 0.25) is 5.91 Å². The van der Waals surface area contributed by atoms with E-state index in [2.05, 4.69) is 20.6 Å². The first-order valence-electron chi connectivity index (χ1n) is 5.60. The Kier molecular flexibility index (Phi) is 6.21. The molecule has 1 heterocycles. The molecule has 0 fully saturated rings. The van der Waals surface area contributed by atoms with Crippen molar-refractivity contribution in [3.63, 3.8) is 0 Å². The molecule has 18 heavy (non-hydrogen) atoms. The Morgan fingerprint density at radius 2 is 2.22 bits per heavy atom. The standard InChI is InChI=1S/C11H17ClN4OS/c1-7(2)5-14-10(17)6-13-9-4-8(12)15-11(16-9)18-3/h4,7H,5-6H2,1-3H3,(H,14,17)(H,13,15,16). The summed E-state index contributed by atoms with van der Waals surface area (Å²) in [6, 6.07) is 1.59. The van der Waals surface area contributed by atoms with Crippen molar-refractivity contribution in [2.24, 2.45) is 5.92 Å². The number of hydrogen-bond donors (Lipinski definition) is 2. The maximum Gasteiger partial charge on any atom is 0.239 e. The molecule has 1 aromatic rings. The van der Waals surface area contributed by atoms with Crippen LogP contribution in [0.25, 0.3) is 0 Å². The van der Waals surface area contributed by atoms with E-state index in [-0.39, 0.29) is 12.5 Å². The van der Waals surface area contributed by atoms with Crippen molar-refractivity contribution in [1.82, 2.24) is 15.3 Å². The maximum atomic E-state index is 11.5. The van der Waals surface area contributed by atoms with Gasteiger partial charge in [0.15, 0.2) is 5.16 Å². The van der Waals surface area contributed by atoms with Gasteiger partial charge >= 0.3 is 0 Å². The smallest absolute Gasteiger partial charge is 0.239 e. The number of carbonyl (C=O) groups is 1. The second kappa shape index (κ2) is 7.43. The largest absolute Gasteiger partial charge is 0.361 e. The van der Waals surface area contributed by atoms with E-state index in [1.807, 2.05) is 20.1 Å². The molecule has 1 amide bonds. The lowest BCUT2D eigenvalue weighted by atomic mass is 10.2. The van der Waals surface area contributed by atoms with Crippen LogP contribution in [0.5, 0.6) is 0 Å². The summed E-state index contributed by atoms with van der Waals surface area (Å²) in [5.74, 6) is 0.925. The second-order valence-electron chi connectivity index (χ2n) is 4.11. The van der Waals surface area contributed by atoms with Gasteiger partial charge in [-0.2, -0.15) is 0 Å². The van der Waals surface area contributed by atoms with Crippen LogP contribution in [0.15, 0.2) is 11.2 Å². The van der Waals surface area contributed by atoms with Gasteiger partial charge < -0.3 is 10.6 Å². The third kappa shape index (κ3) is 5.55. The molecule has 0 radical (unpaired) electrons. The number of anilines is 1. The first-order chi connectivity index (χ1) is 8.51. The predicted molar refractivity (Wildman–Crippen MR) is 75.2 cm³/mol. The highest BCUT2D eigenvalue weighted by Crippen LogP contribution is 2.16. The molecule has 0 unspecified atom stereocenters. The number of hydrogen-bond acceptors (Lipinski definition) is 5. The Labute approximate surface area is 116 Å². The van der Waals surface area contributed by atoms with Crippen LogP contribution in [-0.2, 0) is 4.79 Å². The summed E-state index contributed by atoms with van der Waals surface area (Å²) in [5, 5.41) is 6.67. The minimum absolute atomic E-state index is 0.0656. The average molecular weight is 289 g/mol. The van der Waals surface area contributed by atoms with Crippen LogP contribution >= 0.6 is 23.4 Å². The van der Waals surface area contributed by atoms with E-state index < -0.39 is 0 Å². The average Bonchev–Trinajstić information content (AvgIpc) is 2.33. The molecule has 100 valence electrons. The topological polar surface area (TPSA) is 66.9 Å². The molecule has 0 spiro atoms. The van der Waals surface area contributed by atoms with Crippen LogP contribution in [0.1, 0.15) is 13.8 Å². The van der Waals surface area contributed by atoms with Gasteiger partial charge in [0, 0.05) is 12.6 Å². The van der Waals surface area contributed by atoms with E-state index in [0.29, 0.717) is 28.6 Å². The number of halogens is 1. The number of thioether (sulfide) groups is 1. The monoisotopic (exact) mass is 288 g/mol. The van der Waals surface area contributed by atoms with E-state index in [4.69, 9.17) is 11.6 Å². The first-order valence-corrected chi connectivity index (χ1v) is 7.20. The number of amides is 1. The minimum atomic E-state index is -0.0656. The number of aromatic nitrogens is 2. The van der Waals surface area contributed by atoms with Crippen LogP contribution in [-0.4, -0.2) is 35.2 Å². The minimum Gasteiger partial charge on any atom is -0.361 e. The van der Waals surface area contributed by atoms with E-state index >= 15 is 0 Å². The summed E-state index contributed by atoms with van der Waals surface area (Å²) >= 11 is 7.24. The van der Waals surface area contributed by atoms with Crippen molar-refractivity contribution in [1.29, 1.82) is 0 Å². The van der Waals surface area contributed by atoms with Gasteiger partial charge in [0.25, 0.3) is 0 Å². The van der Waals surface area contributed by atoms with Crippen molar-refractivity contribution >= 4 is 35.1 Å². The summed E-state index contributed by atoms with van der Waals surface area (Å²) < 4.78 is 0. The summed E-state index contributed by atoms with van der Waals surface area (Å²) in [6.45, 7) is 4.93. The normalized spacial score (nSPS) is 10.5. The second-order valence-corrected chi connectivity index (χ2v) is 5.27. The fourth-order valence-electron chi connectivity index (χ4n) is 1.13. The molecular weight excluding hydrogens is 272 g/mol. The van der Waals surface area contributed by atoms with E-state index in [9.17, 15) is 4.79 Å². The van der Waals surface area contributed by atoms with Crippen molar-refractivity contribution in [2.75, 3.05) is 24.7 Å². The maximum absolute atomic E-state index is 11.5. The van der Waals surface area contributed by atoms with Gasteiger partial charge in [0.1, 0.15) is 11.0 Å². The SMILES string of the molecule is CSc1nc(Cl)cc(NCC(=O)NCC(C)C)n1. The lowest BCUT2D eigenvalue weighted by molar-refractivity contribution is -0.119. The highest BCUT2D eigenvalue weighted by Gasteiger charge is 2.05. The highest BCUT2D eigenvalue weighted by atomic mass is 35.5. The Bertz CT molecular complexity index is 414. The van der Waals surface area contributed by atoms with Gasteiger partial charge in [-0.15, -0.1) is 0 Å². The van der Waals surface area contributed by atoms with Gasteiger partial charge in [-0.3, -0.25) is 4.79 Å². The lowest BCUT2D eigenvalue weighted by Gasteiger charge is -2.09. The molecule has 0 aliphatic rings. The van der Waals surface area contributed by atoms with Crippen molar-refractivity contribution in [3.05, 3.63) is 11.2 Å². The summed E-state index contributed by atoms with van der Waals surface area (Å²) in [5.41, 5.74) is 0. The van der Waals surface area contributed by atoms with Gasteiger partial charge in [0.05, 0.1) is 6.54 Å². The van der Waals surface area contributed by atoms with Gasteiger partial charge in [-0.1, -0.05) is 37.2 Å². The molecule has 0 saturated heterocycles. The fourth-order valence-corrected chi connectivity index (χ4v) is 1.74. The van der Waals surface area contributed by atoms with E-state index in [0.717, 1.165) is 0 Å².